The first-order chi connectivity index (χ1) is 17.3. The Kier molecular flexibility index (Phi) is 6.98. The van der Waals surface area contributed by atoms with Crippen molar-refractivity contribution in [2.24, 2.45) is 0 Å². The number of carbonyl (C=O) groups is 2. The topological polar surface area (TPSA) is 98.5 Å². The zero-order valence-electron chi connectivity index (χ0n) is 21.9. The van der Waals surface area contributed by atoms with Crippen LogP contribution in [0.4, 0.5) is 19.8 Å². The zero-order chi connectivity index (χ0) is 27.0. The molecule has 0 radical (unpaired) electrons. The monoisotopic (exact) mass is 513 g/mol. The van der Waals surface area contributed by atoms with Crippen molar-refractivity contribution in [1.29, 1.82) is 0 Å². The van der Waals surface area contributed by atoms with E-state index in [1.165, 1.54) is 26.4 Å². The van der Waals surface area contributed by atoms with Crippen LogP contribution in [0, 0.1) is 5.82 Å². The van der Waals surface area contributed by atoms with E-state index in [0.29, 0.717) is 28.3 Å². The SMILES string of the molecule is CC(C)(C)OC(=O)N1CCOc2cc(F)cc(c2)-c2cnn3ccc(nc23)N(C(=O)OC(C)(C)C)CC1. The van der Waals surface area contributed by atoms with E-state index in [1.807, 2.05) is 0 Å². The van der Waals surface area contributed by atoms with E-state index in [9.17, 15) is 14.0 Å². The zero-order valence-corrected chi connectivity index (χ0v) is 21.9. The van der Waals surface area contributed by atoms with Gasteiger partial charge in [-0.1, -0.05) is 0 Å². The molecule has 2 amide bonds. The number of rotatable bonds is 0. The first-order valence-electron chi connectivity index (χ1n) is 12.1. The summed E-state index contributed by atoms with van der Waals surface area (Å²) in [6.07, 6.45) is 2.06. The Morgan fingerprint density at radius 3 is 2.38 bits per heavy atom. The highest BCUT2D eigenvalue weighted by Crippen LogP contribution is 2.30. The summed E-state index contributed by atoms with van der Waals surface area (Å²) in [7, 11) is 0. The van der Waals surface area contributed by atoms with Crippen LogP contribution >= 0.6 is 0 Å². The van der Waals surface area contributed by atoms with E-state index in [2.05, 4.69) is 10.1 Å². The Morgan fingerprint density at radius 1 is 0.973 bits per heavy atom. The van der Waals surface area contributed by atoms with Gasteiger partial charge in [0.25, 0.3) is 0 Å². The molecule has 0 atom stereocenters. The van der Waals surface area contributed by atoms with Gasteiger partial charge < -0.3 is 19.1 Å². The fourth-order valence-corrected chi connectivity index (χ4v) is 3.75. The molecule has 1 aromatic carbocycles. The molecule has 0 fully saturated rings. The standard InChI is InChI=1S/C26H32FN5O5/c1-25(2,3)36-23(33)30-9-10-31(24(34)37-26(4,5)6)21-7-8-32-22(29-21)20(16-28-32)17-13-18(27)15-19(14-17)35-12-11-30/h7-8,13-16H,9-12H2,1-6H3. The maximum absolute atomic E-state index is 14.5. The van der Waals surface area contributed by atoms with Gasteiger partial charge in [0.05, 0.1) is 12.7 Å². The maximum Gasteiger partial charge on any atom is 0.416 e. The van der Waals surface area contributed by atoms with E-state index in [-0.39, 0.29) is 26.2 Å². The molecule has 198 valence electrons. The summed E-state index contributed by atoms with van der Waals surface area (Å²) < 4.78 is 33.1. The van der Waals surface area contributed by atoms with Crippen LogP contribution in [-0.4, -0.2) is 69.1 Å². The van der Waals surface area contributed by atoms with Gasteiger partial charge >= 0.3 is 12.2 Å². The minimum Gasteiger partial charge on any atom is -0.492 e. The molecule has 0 aliphatic carbocycles. The van der Waals surface area contributed by atoms with Crippen LogP contribution in [0.5, 0.6) is 5.75 Å². The second-order valence-corrected chi connectivity index (χ2v) is 10.7. The summed E-state index contributed by atoms with van der Waals surface area (Å²) in [6, 6.07) is 5.96. The third-order valence-electron chi connectivity index (χ3n) is 5.30. The van der Waals surface area contributed by atoms with Gasteiger partial charge in [-0.05, 0) is 65.3 Å². The van der Waals surface area contributed by atoms with E-state index in [0.717, 1.165) is 0 Å². The lowest BCUT2D eigenvalue weighted by Gasteiger charge is -2.31. The highest BCUT2D eigenvalue weighted by Gasteiger charge is 2.28. The normalized spacial score (nSPS) is 14.8. The van der Waals surface area contributed by atoms with Crippen LogP contribution in [0.2, 0.25) is 0 Å². The highest BCUT2D eigenvalue weighted by atomic mass is 19.1. The van der Waals surface area contributed by atoms with Crippen molar-refractivity contribution < 1.29 is 28.2 Å². The van der Waals surface area contributed by atoms with Crippen molar-refractivity contribution in [3.05, 3.63) is 42.5 Å². The molecule has 1 aliphatic heterocycles. The number of hydrogen-bond acceptors (Lipinski definition) is 7. The lowest BCUT2D eigenvalue weighted by atomic mass is 10.1. The van der Waals surface area contributed by atoms with E-state index >= 15 is 0 Å². The molecule has 1 aliphatic rings. The molecule has 0 saturated heterocycles. The quantitative estimate of drug-likeness (QED) is 0.421. The van der Waals surface area contributed by atoms with E-state index in [1.54, 1.807) is 66.1 Å². The fraction of sp³-hybridized carbons (Fsp3) is 0.462. The number of ether oxygens (including phenoxy) is 3. The molecule has 3 heterocycles. The second kappa shape index (κ2) is 9.87. The lowest BCUT2D eigenvalue weighted by Crippen LogP contribution is -2.46. The first-order valence-corrected chi connectivity index (χ1v) is 12.1. The van der Waals surface area contributed by atoms with Gasteiger partial charge in [-0.2, -0.15) is 5.10 Å². The minimum atomic E-state index is -0.751. The summed E-state index contributed by atoms with van der Waals surface area (Å²) in [5.74, 6) is 0.120. The molecule has 4 bridgehead atoms. The van der Waals surface area contributed by atoms with Crippen molar-refractivity contribution in [1.82, 2.24) is 19.5 Å². The lowest BCUT2D eigenvalue weighted by molar-refractivity contribution is 0.0225. The average Bonchev–Trinajstić information content (AvgIpc) is 3.18. The van der Waals surface area contributed by atoms with Crippen molar-refractivity contribution in [3.63, 3.8) is 0 Å². The molecule has 11 heteroatoms. The van der Waals surface area contributed by atoms with Gasteiger partial charge in [-0.3, -0.25) is 4.90 Å². The van der Waals surface area contributed by atoms with Gasteiger partial charge in [0, 0.05) is 30.9 Å². The average molecular weight is 514 g/mol. The number of aromatic nitrogens is 3. The Morgan fingerprint density at radius 2 is 1.68 bits per heavy atom. The molecule has 0 saturated carbocycles. The number of hydrogen-bond donors (Lipinski definition) is 0. The van der Waals surface area contributed by atoms with E-state index in [4.69, 9.17) is 14.2 Å². The Hall–Kier alpha value is -3.89. The van der Waals surface area contributed by atoms with Gasteiger partial charge in [0.2, 0.25) is 0 Å². The molecule has 10 nitrogen and oxygen atoms in total. The van der Waals surface area contributed by atoms with Crippen molar-refractivity contribution in [2.45, 2.75) is 52.7 Å². The summed E-state index contributed by atoms with van der Waals surface area (Å²) >= 11 is 0. The second-order valence-electron chi connectivity index (χ2n) is 10.7. The number of nitrogens with zero attached hydrogens (tertiary/aromatic N) is 5. The van der Waals surface area contributed by atoms with Crippen LogP contribution in [-0.2, 0) is 9.47 Å². The van der Waals surface area contributed by atoms with Crippen LogP contribution in [0.15, 0.2) is 36.7 Å². The van der Waals surface area contributed by atoms with Gasteiger partial charge in [0.15, 0.2) is 5.65 Å². The first kappa shape index (κ1) is 26.2. The number of fused-ring (bicyclic) bond motifs is 4. The van der Waals surface area contributed by atoms with Crippen LogP contribution < -0.4 is 9.64 Å². The number of benzene rings is 1. The fourth-order valence-electron chi connectivity index (χ4n) is 3.75. The summed E-state index contributed by atoms with van der Waals surface area (Å²) in [4.78, 5) is 33.7. The van der Waals surface area contributed by atoms with Gasteiger partial charge in [-0.15, -0.1) is 0 Å². The largest absolute Gasteiger partial charge is 0.492 e. The number of amides is 2. The van der Waals surface area contributed by atoms with Crippen LogP contribution in [0.1, 0.15) is 41.5 Å². The summed E-state index contributed by atoms with van der Waals surface area (Å²) in [6.45, 7) is 11.1. The Labute approximate surface area is 214 Å². The van der Waals surface area contributed by atoms with Gasteiger partial charge in [-0.25, -0.2) is 23.5 Å². The highest BCUT2D eigenvalue weighted by molar-refractivity contribution is 5.88. The van der Waals surface area contributed by atoms with Crippen molar-refractivity contribution in [3.8, 4) is 16.9 Å². The molecule has 4 rings (SSSR count). The van der Waals surface area contributed by atoms with E-state index < -0.39 is 29.2 Å². The summed E-state index contributed by atoms with van der Waals surface area (Å²) in [5.41, 5.74) is 0.0363. The maximum atomic E-state index is 14.5. The van der Waals surface area contributed by atoms with Gasteiger partial charge in [0.1, 0.15) is 35.2 Å². The van der Waals surface area contributed by atoms with Crippen molar-refractivity contribution >= 4 is 23.7 Å². The minimum absolute atomic E-state index is 0.0841. The predicted octanol–water partition coefficient (Wildman–Crippen LogP) is 4.91. The molecular weight excluding hydrogens is 481 g/mol. The third kappa shape index (κ3) is 6.46. The molecule has 0 spiro atoms. The molecular formula is C26H32FN5O5. The Bertz CT molecular complexity index is 1310. The smallest absolute Gasteiger partial charge is 0.416 e. The molecule has 37 heavy (non-hydrogen) atoms. The summed E-state index contributed by atoms with van der Waals surface area (Å²) in [5, 5.41) is 4.32. The molecule has 0 N–H and O–H groups in total. The van der Waals surface area contributed by atoms with Crippen LogP contribution in [0.25, 0.3) is 16.8 Å². The predicted molar refractivity (Wildman–Crippen MR) is 135 cm³/mol. The number of anilines is 1. The molecule has 2 aromatic heterocycles. The number of halogens is 1. The molecule has 3 aromatic rings. The van der Waals surface area contributed by atoms with Crippen LogP contribution in [0.3, 0.4) is 0 Å². The molecule has 0 unspecified atom stereocenters. The Balaban J connectivity index is 1.80. The number of carbonyl (C=O) groups excluding carboxylic acids is 2. The van der Waals surface area contributed by atoms with Crippen molar-refractivity contribution in [2.75, 3.05) is 31.1 Å². The third-order valence-corrected chi connectivity index (χ3v) is 5.30.